The summed E-state index contributed by atoms with van der Waals surface area (Å²) >= 11 is 0. The van der Waals surface area contributed by atoms with Gasteiger partial charge in [-0.2, -0.15) is 0 Å². The van der Waals surface area contributed by atoms with Crippen molar-refractivity contribution in [3.63, 3.8) is 0 Å². The summed E-state index contributed by atoms with van der Waals surface area (Å²) in [5, 5.41) is 6.98. The van der Waals surface area contributed by atoms with Crippen LogP contribution in [0.5, 0.6) is 5.88 Å². The summed E-state index contributed by atoms with van der Waals surface area (Å²) in [5.74, 6) is 1.45. The Kier molecular flexibility index (Phi) is 11.8. The van der Waals surface area contributed by atoms with Crippen molar-refractivity contribution >= 4 is 29.9 Å². The largest absolute Gasteiger partial charge is 0.475 e. The standard InChI is InChI=1S/C24H35N5O2.HI/c1-4-25-24(27-16-21-10-11-23(26-15-21)31-13-12-30-3)28-22-14-19(2)29(18-22)17-20-8-6-5-7-9-20;/h5-11,15,19,22H,4,12-14,16-18H2,1-3H3,(H2,25,27,28);1H. The highest BCUT2D eigenvalue weighted by Crippen LogP contribution is 2.20. The number of ether oxygens (including phenoxy) is 2. The molecule has 2 atom stereocenters. The summed E-state index contributed by atoms with van der Waals surface area (Å²) in [6.07, 6.45) is 2.92. The van der Waals surface area contributed by atoms with E-state index in [4.69, 9.17) is 14.5 Å². The second kappa shape index (κ2) is 14.3. The fourth-order valence-electron chi connectivity index (χ4n) is 3.74. The summed E-state index contributed by atoms with van der Waals surface area (Å²) in [4.78, 5) is 11.6. The van der Waals surface area contributed by atoms with Crippen molar-refractivity contribution in [2.24, 2.45) is 4.99 Å². The molecule has 2 aromatic rings. The van der Waals surface area contributed by atoms with E-state index in [0.29, 0.717) is 37.7 Å². The number of hydrogen-bond donors (Lipinski definition) is 2. The zero-order chi connectivity index (χ0) is 21.9. The lowest BCUT2D eigenvalue weighted by molar-refractivity contribution is 0.143. The number of benzene rings is 1. The van der Waals surface area contributed by atoms with Gasteiger partial charge in [-0.25, -0.2) is 9.98 Å². The maximum absolute atomic E-state index is 5.52. The molecule has 0 radical (unpaired) electrons. The molecule has 0 bridgehead atoms. The molecule has 1 aromatic heterocycles. The number of guanidine groups is 1. The van der Waals surface area contributed by atoms with Crippen molar-refractivity contribution < 1.29 is 9.47 Å². The van der Waals surface area contributed by atoms with E-state index >= 15 is 0 Å². The molecule has 0 amide bonds. The highest BCUT2D eigenvalue weighted by atomic mass is 127. The fourth-order valence-corrected chi connectivity index (χ4v) is 3.74. The van der Waals surface area contributed by atoms with E-state index < -0.39 is 0 Å². The van der Waals surface area contributed by atoms with Crippen LogP contribution in [0, 0.1) is 0 Å². The molecule has 2 unspecified atom stereocenters. The van der Waals surface area contributed by atoms with Gasteiger partial charge >= 0.3 is 0 Å². The monoisotopic (exact) mass is 553 g/mol. The zero-order valence-electron chi connectivity index (χ0n) is 19.3. The van der Waals surface area contributed by atoms with Crippen molar-refractivity contribution in [2.45, 2.75) is 45.4 Å². The number of aromatic nitrogens is 1. The van der Waals surface area contributed by atoms with E-state index in [0.717, 1.165) is 37.6 Å². The van der Waals surface area contributed by atoms with Crippen LogP contribution in [0.15, 0.2) is 53.7 Å². The molecule has 8 heteroatoms. The third kappa shape index (κ3) is 8.55. The van der Waals surface area contributed by atoms with E-state index in [9.17, 15) is 0 Å². The Morgan fingerprint density at radius 2 is 1.97 bits per heavy atom. The average Bonchev–Trinajstić information content (AvgIpc) is 3.12. The fraction of sp³-hybridized carbons (Fsp3) is 0.500. The van der Waals surface area contributed by atoms with E-state index in [2.05, 4.69) is 64.7 Å². The van der Waals surface area contributed by atoms with Gasteiger partial charge in [0.1, 0.15) is 6.61 Å². The predicted octanol–water partition coefficient (Wildman–Crippen LogP) is 3.44. The van der Waals surface area contributed by atoms with Crippen molar-refractivity contribution in [2.75, 3.05) is 33.4 Å². The molecular weight excluding hydrogens is 517 g/mol. The van der Waals surface area contributed by atoms with Crippen LogP contribution < -0.4 is 15.4 Å². The van der Waals surface area contributed by atoms with Crippen LogP contribution in [0.2, 0.25) is 0 Å². The Labute approximate surface area is 209 Å². The van der Waals surface area contributed by atoms with Crippen molar-refractivity contribution in [1.82, 2.24) is 20.5 Å². The van der Waals surface area contributed by atoms with Crippen molar-refractivity contribution in [3.05, 3.63) is 59.8 Å². The van der Waals surface area contributed by atoms with Crippen LogP contribution in [-0.2, 0) is 17.8 Å². The van der Waals surface area contributed by atoms with E-state index in [1.165, 1.54) is 5.56 Å². The van der Waals surface area contributed by atoms with Crippen molar-refractivity contribution in [1.29, 1.82) is 0 Å². The number of nitrogens with one attached hydrogen (secondary N) is 2. The van der Waals surface area contributed by atoms with E-state index in [-0.39, 0.29) is 24.0 Å². The third-order valence-corrected chi connectivity index (χ3v) is 5.37. The van der Waals surface area contributed by atoms with Gasteiger partial charge in [-0.3, -0.25) is 4.90 Å². The second-order valence-corrected chi connectivity index (χ2v) is 7.88. The molecule has 2 heterocycles. The minimum atomic E-state index is 0. The second-order valence-electron chi connectivity index (χ2n) is 7.88. The molecule has 2 N–H and O–H groups in total. The highest BCUT2D eigenvalue weighted by molar-refractivity contribution is 14.0. The molecule has 3 rings (SSSR count). The number of nitrogens with zero attached hydrogens (tertiary/aromatic N) is 3. The number of pyridine rings is 1. The van der Waals surface area contributed by atoms with Crippen LogP contribution >= 0.6 is 24.0 Å². The number of aliphatic imine (C=N–C) groups is 1. The van der Waals surface area contributed by atoms with Gasteiger partial charge < -0.3 is 20.1 Å². The zero-order valence-corrected chi connectivity index (χ0v) is 21.6. The van der Waals surface area contributed by atoms with Gasteiger partial charge in [0.25, 0.3) is 0 Å². The minimum absolute atomic E-state index is 0. The van der Waals surface area contributed by atoms with Crippen LogP contribution in [-0.4, -0.2) is 61.3 Å². The van der Waals surface area contributed by atoms with Gasteiger partial charge in [-0.1, -0.05) is 36.4 Å². The molecule has 176 valence electrons. The topological polar surface area (TPSA) is 71.0 Å². The first-order chi connectivity index (χ1) is 15.2. The predicted molar refractivity (Wildman–Crippen MR) is 140 cm³/mol. The highest BCUT2D eigenvalue weighted by Gasteiger charge is 2.29. The smallest absolute Gasteiger partial charge is 0.213 e. The number of likely N-dealkylation sites (tertiary alicyclic amines) is 1. The quantitative estimate of drug-likeness (QED) is 0.203. The van der Waals surface area contributed by atoms with Crippen LogP contribution in [0.3, 0.4) is 0 Å². The third-order valence-electron chi connectivity index (χ3n) is 5.37. The number of hydrogen-bond acceptors (Lipinski definition) is 5. The molecule has 1 aromatic carbocycles. The van der Waals surface area contributed by atoms with E-state index in [1.54, 1.807) is 7.11 Å². The lowest BCUT2D eigenvalue weighted by atomic mass is 10.2. The van der Waals surface area contributed by atoms with Crippen molar-refractivity contribution in [3.8, 4) is 5.88 Å². The molecule has 0 saturated carbocycles. The van der Waals surface area contributed by atoms with Gasteiger partial charge in [0.15, 0.2) is 5.96 Å². The summed E-state index contributed by atoms with van der Waals surface area (Å²) < 4.78 is 10.5. The summed E-state index contributed by atoms with van der Waals surface area (Å²) in [6, 6.07) is 15.5. The molecular formula is C24H36IN5O2. The van der Waals surface area contributed by atoms with Crippen LogP contribution in [0.25, 0.3) is 0 Å². The number of halogens is 1. The average molecular weight is 553 g/mol. The van der Waals surface area contributed by atoms with Gasteiger partial charge in [-0.05, 0) is 31.4 Å². The molecule has 1 saturated heterocycles. The maximum atomic E-state index is 5.52. The maximum Gasteiger partial charge on any atom is 0.213 e. The Morgan fingerprint density at radius 1 is 1.16 bits per heavy atom. The Hall–Kier alpha value is -1.91. The summed E-state index contributed by atoms with van der Waals surface area (Å²) in [7, 11) is 1.65. The molecule has 1 aliphatic heterocycles. The van der Waals surface area contributed by atoms with Gasteiger partial charge in [0.05, 0.1) is 13.2 Å². The lowest BCUT2D eigenvalue weighted by Gasteiger charge is -2.21. The normalized spacial score (nSPS) is 18.8. The molecule has 32 heavy (non-hydrogen) atoms. The molecule has 7 nitrogen and oxygen atoms in total. The SMILES string of the molecule is CCNC(=NCc1ccc(OCCOC)nc1)NC1CC(C)N(Cc2ccccc2)C1.I. The molecule has 1 fully saturated rings. The van der Waals surface area contributed by atoms with E-state index in [1.807, 2.05) is 18.3 Å². The van der Waals surface area contributed by atoms with Crippen LogP contribution in [0.1, 0.15) is 31.4 Å². The lowest BCUT2D eigenvalue weighted by Crippen LogP contribution is -2.44. The van der Waals surface area contributed by atoms with Crippen LogP contribution in [0.4, 0.5) is 0 Å². The first-order valence-electron chi connectivity index (χ1n) is 11.1. The van der Waals surface area contributed by atoms with Gasteiger partial charge in [-0.15, -0.1) is 24.0 Å². The summed E-state index contributed by atoms with van der Waals surface area (Å²) in [6.45, 7) is 8.82. The molecule has 0 spiro atoms. The first-order valence-corrected chi connectivity index (χ1v) is 11.1. The molecule has 0 aliphatic carbocycles. The summed E-state index contributed by atoms with van der Waals surface area (Å²) in [5.41, 5.74) is 2.40. The number of rotatable bonds is 10. The Balaban J connectivity index is 0.00000363. The van der Waals surface area contributed by atoms with Gasteiger partial charge in [0.2, 0.25) is 5.88 Å². The minimum Gasteiger partial charge on any atom is -0.475 e. The molecule has 1 aliphatic rings. The Bertz CT molecular complexity index is 804. The first kappa shape index (κ1) is 26.3. The number of methoxy groups -OCH3 is 1. The van der Waals surface area contributed by atoms with Gasteiger partial charge in [0, 0.05) is 51.1 Å². The Morgan fingerprint density at radius 3 is 2.66 bits per heavy atom.